The van der Waals surface area contributed by atoms with Crippen molar-refractivity contribution in [3.63, 3.8) is 0 Å². The molecule has 2 rings (SSSR count). The summed E-state index contributed by atoms with van der Waals surface area (Å²) in [6, 6.07) is 4.02. The number of hydrogen-bond donors (Lipinski definition) is 2. The largest absolute Gasteiger partial charge is 0.355 e. The maximum Gasteiger partial charge on any atom is 0.225 e. The first-order valence-corrected chi connectivity index (χ1v) is 6.57. The topological polar surface area (TPSA) is 54.0 Å². The van der Waals surface area contributed by atoms with E-state index < -0.39 is 0 Å². The van der Waals surface area contributed by atoms with Gasteiger partial charge in [-0.05, 0) is 17.5 Å². The monoisotopic (exact) mass is 283 g/mol. The molecule has 1 aromatic rings. The first-order valence-electron chi connectivity index (χ1n) is 6.57. The normalized spacial score (nSPS) is 16.4. The standard InChI is InChI=1S/C14H21N3O.ClH/c1-10(2)13(11-4-3-5-15-6-11)9-17-14(18)12-7-16-8-12;/h3-6,10,12-13,16H,7-9H2,1-2H3,(H,17,18);1H. The molecule has 0 radical (unpaired) electrons. The van der Waals surface area contributed by atoms with Crippen molar-refractivity contribution >= 4 is 18.3 Å². The molecule has 5 heteroatoms. The first kappa shape index (κ1) is 15.9. The minimum Gasteiger partial charge on any atom is -0.355 e. The lowest BCUT2D eigenvalue weighted by Crippen LogP contribution is -2.51. The van der Waals surface area contributed by atoms with Crippen LogP contribution in [0.5, 0.6) is 0 Å². The highest BCUT2D eigenvalue weighted by atomic mass is 35.5. The number of pyridine rings is 1. The van der Waals surface area contributed by atoms with E-state index in [1.165, 1.54) is 5.56 Å². The third kappa shape index (κ3) is 4.18. The lowest BCUT2D eigenvalue weighted by Gasteiger charge is -2.28. The summed E-state index contributed by atoms with van der Waals surface area (Å²) < 4.78 is 0. The Balaban J connectivity index is 0.00000180. The molecule has 0 spiro atoms. The molecule has 19 heavy (non-hydrogen) atoms. The molecule has 1 aromatic heterocycles. The maximum absolute atomic E-state index is 11.8. The van der Waals surface area contributed by atoms with Crippen LogP contribution < -0.4 is 10.6 Å². The van der Waals surface area contributed by atoms with Gasteiger partial charge in [0.1, 0.15) is 0 Å². The molecule has 2 heterocycles. The summed E-state index contributed by atoms with van der Waals surface area (Å²) >= 11 is 0. The minimum absolute atomic E-state index is 0. The molecule has 1 unspecified atom stereocenters. The van der Waals surface area contributed by atoms with E-state index in [1.807, 2.05) is 12.3 Å². The van der Waals surface area contributed by atoms with E-state index in [0.29, 0.717) is 18.4 Å². The number of rotatable bonds is 5. The summed E-state index contributed by atoms with van der Waals surface area (Å²) in [5.74, 6) is 1.14. The van der Waals surface area contributed by atoms with Crippen LogP contribution in [0.3, 0.4) is 0 Å². The summed E-state index contributed by atoms with van der Waals surface area (Å²) in [6.45, 7) is 6.66. The molecule has 0 aromatic carbocycles. The van der Waals surface area contributed by atoms with Crippen molar-refractivity contribution in [3.8, 4) is 0 Å². The van der Waals surface area contributed by atoms with Gasteiger partial charge in [0.15, 0.2) is 0 Å². The average Bonchev–Trinajstić information content (AvgIpc) is 2.28. The predicted octanol–water partition coefficient (Wildman–Crippen LogP) is 1.58. The lowest BCUT2D eigenvalue weighted by molar-refractivity contribution is -0.126. The number of hydrogen-bond acceptors (Lipinski definition) is 3. The van der Waals surface area contributed by atoms with Crippen LogP contribution in [0.15, 0.2) is 24.5 Å². The summed E-state index contributed by atoms with van der Waals surface area (Å²) in [5, 5.41) is 6.17. The molecule has 0 bridgehead atoms. The molecular weight excluding hydrogens is 262 g/mol. The number of aromatic nitrogens is 1. The van der Waals surface area contributed by atoms with Crippen LogP contribution in [0.25, 0.3) is 0 Å². The Labute approximate surface area is 120 Å². The Morgan fingerprint density at radius 1 is 1.53 bits per heavy atom. The van der Waals surface area contributed by atoms with Crippen LogP contribution in [-0.2, 0) is 4.79 Å². The van der Waals surface area contributed by atoms with E-state index in [0.717, 1.165) is 13.1 Å². The van der Waals surface area contributed by atoms with Crippen molar-refractivity contribution in [2.24, 2.45) is 11.8 Å². The van der Waals surface area contributed by atoms with Gasteiger partial charge in [-0.25, -0.2) is 0 Å². The number of nitrogens with one attached hydrogen (secondary N) is 2. The Morgan fingerprint density at radius 2 is 2.26 bits per heavy atom. The van der Waals surface area contributed by atoms with Crippen molar-refractivity contribution in [2.75, 3.05) is 19.6 Å². The van der Waals surface area contributed by atoms with Gasteiger partial charge in [-0.15, -0.1) is 12.4 Å². The molecule has 0 saturated carbocycles. The Kier molecular flexibility index (Phi) is 6.25. The van der Waals surface area contributed by atoms with Gasteiger partial charge >= 0.3 is 0 Å². The second-order valence-corrected chi connectivity index (χ2v) is 5.24. The van der Waals surface area contributed by atoms with Gasteiger partial charge in [-0.1, -0.05) is 19.9 Å². The Hall–Kier alpha value is -1.13. The van der Waals surface area contributed by atoms with Crippen molar-refractivity contribution in [1.82, 2.24) is 15.6 Å². The predicted molar refractivity (Wildman–Crippen MR) is 78.4 cm³/mol. The molecule has 1 saturated heterocycles. The summed E-state index contributed by atoms with van der Waals surface area (Å²) in [4.78, 5) is 16.0. The number of nitrogens with zero attached hydrogens (tertiary/aromatic N) is 1. The fourth-order valence-corrected chi connectivity index (χ4v) is 2.16. The van der Waals surface area contributed by atoms with Crippen LogP contribution >= 0.6 is 12.4 Å². The van der Waals surface area contributed by atoms with Crippen LogP contribution in [0.2, 0.25) is 0 Å². The highest BCUT2D eigenvalue weighted by Gasteiger charge is 2.25. The Morgan fingerprint density at radius 3 is 2.74 bits per heavy atom. The number of halogens is 1. The Bertz CT molecular complexity index is 393. The maximum atomic E-state index is 11.8. The molecule has 4 nitrogen and oxygen atoms in total. The highest BCUT2D eigenvalue weighted by molar-refractivity contribution is 5.85. The van der Waals surface area contributed by atoms with E-state index in [1.54, 1.807) is 6.20 Å². The zero-order valence-electron chi connectivity index (χ0n) is 11.4. The average molecular weight is 284 g/mol. The number of carbonyl (C=O) groups excluding carboxylic acids is 1. The zero-order chi connectivity index (χ0) is 13.0. The summed E-state index contributed by atoms with van der Waals surface area (Å²) in [7, 11) is 0. The van der Waals surface area contributed by atoms with E-state index in [2.05, 4.69) is 35.5 Å². The van der Waals surface area contributed by atoms with Crippen molar-refractivity contribution in [3.05, 3.63) is 30.1 Å². The molecule has 106 valence electrons. The number of carbonyl (C=O) groups is 1. The van der Waals surface area contributed by atoms with Gasteiger partial charge in [0.25, 0.3) is 0 Å². The fraction of sp³-hybridized carbons (Fsp3) is 0.571. The van der Waals surface area contributed by atoms with Crippen LogP contribution in [0, 0.1) is 11.8 Å². The van der Waals surface area contributed by atoms with Crippen molar-refractivity contribution in [1.29, 1.82) is 0 Å². The lowest BCUT2D eigenvalue weighted by atomic mass is 9.89. The van der Waals surface area contributed by atoms with Crippen LogP contribution in [0.4, 0.5) is 0 Å². The molecule has 0 aliphatic carbocycles. The van der Waals surface area contributed by atoms with E-state index >= 15 is 0 Å². The second-order valence-electron chi connectivity index (χ2n) is 5.24. The SMILES string of the molecule is CC(C)C(CNC(=O)C1CNC1)c1cccnc1.Cl. The molecular formula is C14H22ClN3O. The van der Waals surface area contributed by atoms with Crippen molar-refractivity contribution < 1.29 is 4.79 Å². The molecule has 1 atom stereocenters. The summed E-state index contributed by atoms with van der Waals surface area (Å²) in [6.07, 6.45) is 3.67. The van der Waals surface area contributed by atoms with Crippen LogP contribution in [-0.4, -0.2) is 30.5 Å². The van der Waals surface area contributed by atoms with Gasteiger partial charge in [0, 0.05) is 37.9 Å². The second kappa shape index (κ2) is 7.46. The zero-order valence-corrected chi connectivity index (χ0v) is 12.2. The minimum atomic E-state index is 0. The molecule has 1 aliphatic rings. The summed E-state index contributed by atoms with van der Waals surface area (Å²) in [5.41, 5.74) is 1.19. The van der Waals surface area contributed by atoms with E-state index in [4.69, 9.17) is 0 Å². The van der Waals surface area contributed by atoms with Gasteiger partial charge in [0.05, 0.1) is 5.92 Å². The third-order valence-electron chi connectivity index (χ3n) is 3.57. The highest BCUT2D eigenvalue weighted by Crippen LogP contribution is 2.22. The van der Waals surface area contributed by atoms with E-state index in [9.17, 15) is 4.79 Å². The fourth-order valence-electron chi connectivity index (χ4n) is 2.16. The molecule has 1 amide bonds. The van der Waals surface area contributed by atoms with Gasteiger partial charge in [-0.3, -0.25) is 9.78 Å². The quantitative estimate of drug-likeness (QED) is 0.863. The van der Waals surface area contributed by atoms with Gasteiger partial charge < -0.3 is 10.6 Å². The van der Waals surface area contributed by atoms with Crippen molar-refractivity contribution in [2.45, 2.75) is 19.8 Å². The molecule has 2 N–H and O–H groups in total. The van der Waals surface area contributed by atoms with Gasteiger partial charge in [0.2, 0.25) is 5.91 Å². The van der Waals surface area contributed by atoms with E-state index in [-0.39, 0.29) is 24.2 Å². The van der Waals surface area contributed by atoms with Gasteiger partial charge in [-0.2, -0.15) is 0 Å². The molecule has 1 aliphatic heterocycles. The van der Waals surface area contributed by atoms with Crippen LogP contribution in [0.1, 0.15) is 25.3 Å². The first-order chi connectivity index (χ1) is 8.68. The molecule has 1 fully saturated rings. The number of amides is 1. The smallest absolute Gasteiger partial charge is 0.225 e. The third-order valence-corrected chi connectivity index (χ3v) is 3.57.